The van der Waals surface area contributed by atoms with Crippen LogP contribution in [-0.2, 0) is 0 Å². The molecule has 1 aromatic carbocycles. The molecular formula is C13H17N3O2. The maximum absolute atomic E-state index is 5.78. The van der Waals surface area contributed by atoms with E-state index in [0.29, 0.717) is 5.82 Å². The molecule has 0 aliphatic carbocycles. The first-order chi connectivity index (χ1) is 8.61. The van der Waals surface area contributed by atoms with E-state index < -0.39 is 0 Å². The topological polar surface area (TPSA) is 73.2 Å². The highest BCUT2D eigenvalue weighted by molar-refractivity contribution is 5.75. The molecule has 0 atom stereocenters. The van der Waals surface area contributed by atoms with Crippen molar-refractivity contribution in [2.24, 2.45) is 0 Å². The third-order valence-corrected chi connectivity index (χ3v) is 2.44. The molecule has 1 aromatic heterocycles. The zero-order valence-electron chi connectivity index (χ0n) is 10.7. The van der Waals surface area contributed by atoms with E-state index in [9.17, 15) is 0 Å². The van der Waals surface area contributed by atoms with Crippen molar-refractivity contribution in [3.05, 3.63) is 24.3 Å². The van der Waals surface area contributed by atoms with Crippen molar-refractivity contribution in [3.8, 4) is 22.8 Å². The molecule has 0 aliphatic heterocycles. The predicted molar refractivity (Wildman–Crippen MR) is 70.8 cm³/mol. The number of nitrogens with one attached hydrogen (secondary N) is 1. The molecule has 2 rings (SSSR count). The number of hydrogen-bond donors (Lipinski definition) is 2. The van der Waals surface area contributed by atoms with Crippen molar-refractivity contribution >= 4 is 5.82 Å². The summed E-state index contributed by atoms with van der Waals surface area (Å²) >= 11 is 0. The minimum atomic E-state index is 0.0797. The number of ether oxygens (including phenoxy) is 2. The van der Waals surface area contributed by atoms with Gasteiger partial charge in [-0.2, -0.15) is 5.10 Å². The second-order valence-corrected chi connectivity index (χ2v) is 4.21. The van der Waals surface area contributed by atoms with E-state index >= 15 is 0 Å². The number of methoxy groups -OCH3 is 1. The summed E-state index contributed by atoms with van der Waals surface area (Å²) in [5, 5.41) is 6.81. The largest absolute Gasteiger partial charge is 0.496 e. The van der Waals surface area contributed by atoms with E-state index in [1.807, 2.05) is 32.0 Å². The van der Waals surface area contributed by atoms with Gasteiger partial charge in [-0.15, -0.1) is 0 Å². The number of aromatic amines is 1. The van der Waals surface area contributed by atoms with Gasteiger partial charge in [-0.05, 0) is 26.0 Å². The third kappa shape index (κ3) is 2.40. The molecule has 5 heteroatoms. The lowest BCUT2D eigenvalue weighted by atomic mass is 10.1. The number of H-pyrrole nitrogens is 1. The maximum atomic E-state index is 5.78. The lowest BCUT2D eigenvalue weighted by Crippen LogP contribution is -2.07. The quantitative estimate of drug-likeness (QED) is 0.870. The number of rotatable bonds is 4. The van der Waals surface area contributed by atoms with Gasteiger partial charge in [-0.1, -0.05) is 6.07 Å². The molecule has 0 unspecified atom stereocenters. The molecule has 5 nitrogen and oxygen atoms in total. The molecule has 0 spiro atoms. The summed E-state index contributed by atoms with van der Waals surface area (Å²) in [5.74, 6) is 1.90. The number of aromatic nitrogens is 2. The van der Waals surface area contributed by atoms with Gasteiger partial charge in [0.25, 0.3) is 0 Å². The van der Waals surface area contributed by atoms with E-state index in [-0.39, 0.29) is 6.10 Å². The fourth-order valence-corrected chi connectivity index (χ4v) is 1.76. The van der Waals surface area contributed by atoms with Gasteiger partial charge in [0.15, 0.2) is 0 Å². The zero-order chi connectivity index (χ0) is 13.1. The van der Waals surface area contributed by atoms with Crippen molar-refractivity contribution in [1.82, 2.24) is 10.2 Å². The van der Waals surface area contributed by atoms with Crippen LogP contribution in [0.1, 0.15) is 13.8 Å². The molecule has 18 heavy (non-hydrogen) atoms. The highest BCUT2D eigenvalue weighted by Gasteiger charge is 2.15. The standard InChI is InChI=1S/C13H17N3O2/c1-8(2)18-11-6-4-5-10(17-3)13(11)9-7-12(14)16-15-9/h4-8H,1-3H3,(H3,14,15,16). The van der Waals surface area contributed by atoms with Gasteiger partial charge in [0.2, 0.25) is 0 Å². The zero-order valence-corrected chi connectivity index (χ0v) is 10.7. The van der Waals surface area contributed by atoms with Crippen LogP contribution in [0.25, 0.3) is 11.3 Å². The smallest absolute Gasteiger partial charge is 0.145 e. The summed E-state index contributed by atoms with van der Waals surface area (Å²) in [5.41, 5.74) is 7.24. The van der Waals surface area contributed by atoms with Crippen molar-refractivity contribution in [2.75, 3.05) is 12.8 Å². The van der Waals surface area contributed by atoms with Gasteiger partial charge >= 0.3 is 0 Å². The van der Waals surface area contributed by atoms with Crippen molar-refractivity contribution in [2.45, 2.75) is 20.0 Å². The molecule has 0 radical (unpaired) electrons. The molecular weight excluding hydrogens is 230 g/mol. The van der Waals surface area contributed by atoms with Gasteiger partial charge in [-0.25, -0.2) is 0 Å². The lowest BCUT2D eigenvalue weighted by molar-refractivity contribution is 0.242. The summed E-state index contributed by atoms with van der Waals surface area (Å²) in [7, 11) is 1.62. The molecule has 0 saturated heterocycles. The molecule has 1 heterocycles. The lowest BCUT2D eigenvalue weighted by Gasteiger charge is -2.15. The second-order valence-electron chi connectivity index (χ2n) is 4.21. The summed E-state index contributed by atoms with van der Waals surface area (Å²) in [6, 6.07) is 7.42. The predicted octanol–water partition coefficient (Wildman–Crippen LogP) is 2.45. The van der Waals surface area contributed by atoms with E-state index in [1.54, 1.807) is 13.2 Å². The van der Waals surface area contributed by atoms with Crippen LogP contribution in [-0.4, -0.2) is 23.4 Å². The molecule has 96 valence electrons. The van der Waals surface area contributed by atoms with Crippen LogP contribution in [0.15, 0.2) is 24.3 Å². The first-order valence-electron chi connectivity index (χ1n) is 5.76. The maximum Gasteiger partial charge on any atom is 0.145 e. The fourth-order valence-electron chi connectivity index (χ4n) is 1.76. The summed E-state index contributed by atoms with van der Waals surface area (Å²) < 4.78 is 11.1. The van der Waals surface area contributed by atoms with Crippen LogP contribution in [0.5, 0.6) is 11.5 Å². The molecule has 0 aliphatic rings. The Morgan fingerprint density at radius 1 is 1.28 bits per heavy atom. The van der Waals surface area contributed by atoms with E-state index in [1.165, 1.54) is 0 Å². The van der Waals surface area contributed by atoms with E-state index in [2.05, 4.69) is 10.2 Å². The Morgan fingerprint density at radius 3 is 2.56 bits per heavy atom. The minimum Gasteiger partial charge on any atom is -0.496 e. The van der Waals surface area contributed by atoms with Crippen LogP contribution in [0.3, 0.4) is 0 Å². The van der Waals surface area contributed by atoms with E-state index in [4.69, 9.17) is 15.2 Å². The Balaban J connectivity index is 2.54. The van der Waals surface area contributed by atoms with Crippen LogP contribution in [0, 0.1) is 0 Å². The number of benzene rings is 1. The van der Waals surface area contributed by atoms with Crippen molar-refractivity contribution in [1.29, 1.82) is 0 Å². The summed E-state index contributed by atoms with van der Waals surface area (Å²) in [6.07, 6.45) is 0.0797. The van der Waals surface area contributed by atoms with Crippen molar-refractivity contribution < 1.29 is 9.47 Å². The Kier molecular flexibility index (Phi) is 3.41. The highest BCUT2D eigenvalue weighted by Crippen LogP contribution is 2.38. The number of nitrogens with zero attached hydrogens (tertiary/aromatic N) is 1. The number of anilines is 1. The van der Waals surface area contributed by atoms with Gasteiger partial charge in [0.1, 0.15) is 17.3 Å². The van der Waals surface area contributed by atoms with Crippen LogP contribution < -0.4 is 15.2 Å². The van der Waals surface area contributed by atoms with Crippen LogP contribution in [0.4, 0.5) is 5.82 Å². The average molecular weight is 247 g/mol. The van der Waals surface area contributed by atoms with Crippen LogP contribution in [0.2, 0.25) is 0 Å². The average Bonchev–Trinajstić information content (AvgIpc) is 2.74. The number of nitrogen functional groups attached to an aromatic ring is 1. The monoisotopic (exact) mass is 247 g/mol. The number of nitrogens with two attached hydrogens (primary N) is 1. The van der Waals surface area contributed by atoms with Gasteiger partial charge in [0, 0.05) is 6.07 Å². The molecule has 0 saturated carbocycles. The number of hydrogen-bond acceptors (Lipinski definition) is 4. The Hall–Kier alpha value is -2.17. The first kappa shape index (κ1) is 12.3. The SMILES string of the molecule is COc1cccc(OC(C)C)c1-c1cc(N)n[nH]1. The molecule has 0 bridgehead atoms. The van der Waals surface area contributed by atoms with Crippen molar-refractivity contribution in [3.63, 3.8) is 0 Å². The van der Waals surface area contributed by atoms with Gasteiger partial charge < -0.3 is 15.2 Å². The molecule has 2 aromatic rings. The molecule has 3 N–H and O–H groups in total. The Morgan fingerprint density at radius 2 is 2.00 bits per heavy atom. The summed E-state index contributed by atoms with van der Waals surface area (Å²) in [6.45, 7) is 3.95. The Bertz CT molecular complexity index is 535. The van der Waals surface area contributed by atoms with Gasteiger partial charge in [-0.3, -0.25) is 5.10 Å². The third-order valence-electron chi connectivity index (χ3n) is 2.44. The summed E-state index contributed by atoms with van der Waals surface area (Å²) in [4.78, 5) is 0. The first-order valence-corrected chi connectivity index (χ1v) is 5.76. The Labute approximate surface area is 106 Å². The minimum absolute atomic E-state index is 0.0797. The molecule has 0 fully saturated rings. The highest BCUT2D eigenvalue weighted by atomic mass is 16.5. The normalized spacial score (nSPS) is 10.7. The van der Waals surface area contributed by atoms with E-state index in [0.717, 1.165) is 22.8 Å². The fraction of sp³-hybridized carbons (Fsp3) is 0.308. The second kappa shape index (κ2) is 5.00. The molecule has 0 amide bonds. The van der Waals surface area contributed by atoms with Gasteiger partial charge in [0.05, 0.1) is 24.5 Å². The van der Waals surface area contributed by atoms with Crippen LogP contribution >= 0.6 is 0 Å².